The highest BCUT2D eigenvalue weighted by molar-refractivity contribution is 5.86. The van der Waals surface area contributed by atoms with Crippen LogP contribution in [0, 0.1) is 5.92 Å². The second-order valence-electron chi connectivity index (χ2n) is 3.32. The van der Waals surface area contributed by atoms with E-state index in [1.807, 2.05) is 14.1 Å². The summed E-state index contributed by atoms with van der Waals surface area (Å²) in [4.78, 5) is 12.9. The van der Waals surface area contributed by atoms with Crippen LogP contribution in [0.4, 0.5) is 0 Å². The zero-order valence-electron chi connectivity index (χ0n) is 8.13. The van der Waals surface area contributed by atoms with Gasteiger partial charge in [-0.05, 0) is 26.1 Å². The summed E-state index contributed by atoms with van der Waals surface area (Å²) in [6.45, 7) is 7.17. The van der Waals surface area contributed by atoms with Crippen LogP contribution in [0.25, 0.3) is 0 Å². The molecular formula is C9H18N2O. The maximum atomic E-state index is 10.8. The highest BCUT2D eigenvalue weighted by atomic mass is 16.1. The molecule has 0 rings (SSSR count). The van der Waals surface area contributed by atoms with Gasteiger partial charge in [0.15, 0.2) is 0 Å². The second kappa shape index (κ2) is 5.77. The molecule has 0 fully saturated rings. The van der Waals surface area contributed by atoms with Gasteiger partial charge in [0.05, 0.1) is 0 Å². The SMILES string of the molecule is C=CC(=O)NCC(C)CN(C)C. The van der Waals surface area contributed by atoms with Gasteiger partial charge in [-0.1, -0.05) is 13.5 Å². The molecule has 0 aliphatic heterocycles. The van der Waals surface area contributed by atoms with Crippen molar-refractivity contribution in [3.8, 4) is 0 Å². The molecule has 70 valence electrons. The molecule has 0 heterocycles. The average molecular weight is 170 g/mol. The molecule has 0 saturated heterocycles. The van der Waals surface area contributed by atoms with E-state index in [4.69, 9.17) is 0 Å². The Kier molecular flexibility index (Phi) is 5.37. The predicted molar refractivity (Wildman–Crippen MR) is 50.9 cm³/mol. The zero-order chi connectivity index (χ0) is 9.56. The number of rotatable bonds is 5. The zero-order valence-corrected chi connectivity index (χ0v) is 8.13. The largest absolute Gasteiger partial charge is 0.352 e. The van der Waals surface area contributed by atoms with Crippen LogP contribution in [-0.2, 0) is 4.79 Å². The van der Waals surface area contributed by atoms with Crippen LogP contribution >= 0.6 is 0 Å². The molecule has 0 aliphatic carbocycles. The monoisotopic (exact) mass is 170 g/mol. The summed E-state index contributed by atoms with van der Waals surface area (Å²) < 4.78 is 0. The number of amides is 1. The summed E-state index contributed by atoms with van der Waals surface area (Å²) in [6, 6.07) is 0. The Balaban J connectivity index is 3.49. The van der Waals surface area contributed by atoms with Gasteiger partial charge in [0.1, 0.15) is 0 Å². The first-order valence-electron chi connectivity index (χ1n) is 4.11. The Morgan fingerprint density at radius 3 is 2.67 bits per heavy atom. The minimum atomic E-state index is -0.0967. The quantitative estimate of drug-likeness (QED) is 0.609. The van der Waals surface area contributed by atoms with Crippen LogP contribution in [0.15, 0.2) is 12.7 Å². The molecule has 0 aromatic heterocycles. The van der Waals surface area contributed by atoms with Crippen LogP contribution in [0.1, 0.15) is 6.92 Å². The molecule has 1 unspecified atom stereocenters. The molecule has 12 heavy (non-hydrogen) atoms. The standard InChI is InChI=1S/C9H18N2O/c1-5-9(12)10-6-8(2)7-11(3)4/h5,8H,1,6-7H2,2-4H3,(H,10,12). The minimum absolute atomic E-state index is 0.0967. The third-order valence-electron chi connectivity index (χ3n) is 1.49. The third-order valence-corrected chi connectivity index (χ3v) is 1.49. The molecule has 0 saturated carbocycles. The lowest BCUT2D eigenvalue weighted by molar-refractivity contribution is -0.116. The van der Waals surface area contributed by atoms with Gasteiger partial charge in [0.2, 0.25) is 5.91 Å². The molecule has 0 spiro atoms. The molecule has 1 N–H and O–H groups in total. The minimum Gasteiger partial charge on any atom is -0.352 e. The highest BCUT2D eigenvalue weighted by Gasteiger charge is 2.03. The molecule has 0 aromatic rings. The first kappa shape index (κ1) is 11.2. The predicted octanol–water partition coefficient (Wildman–Crippen LogP) is 0.486. The molecule has 3 heteroatoms. The number of hydrogen-bond acceptors (Lipinski definition) is 2. The fourth-order valence-corrected chi connectivity index (χ4v) is 1.03. The average Bonchev–Trinajstić information content (AvgIpc) is 1.99. The number of carbonyl (C=O) groups excluding carboxylic acids is 1. The Morgan fingerprint density at radius 1 is 1.67 bits per heavy atom. The van der Waals surface area contributed by atoms with Crippen molar-refractivity contribution in [2.24, 2.45) is 5.92 Å². The normalized spacial score (nSPS) is 12.7. The smallest absolute Gasteiger partial charge is 0.243 e. The van der Waals surface area contributed by atoms with E-state index in [1.54, 1.807) is 0 Å². The molecule has 0 aliphatic rings. The lowest BCUT2D eigenvalue weighted by Gasteiger charge is -2.16. The first-order chi connectivity index (χ1) is 5.56. The van der Waals surface area contributed by atoms with Gasteiger partial charge in [-0.25, -0.2) is 0 Å². The van der Waals surface area contributed by atoms with Crippen LogP contribution in [-0.4, -0.2) is 38.0 Å². The number of nitrogens with zero attached hydrogens (tertiary/aromatic N) is 1. The van der Waals surface area contributed by atoms with Gasteiger partial charge in [-0.15, -0.1) is 0 Å². The fourth-order valence-electron chi connectivity index (χ4n) is 1.03. The summed E-state index contributed by atoms with van der Waals surface area (Å²) in [6.07, 6.45) is 1.29. The first-order valence-corrected chi connectivity index (χ1v) is 4.11. The number of carbonyl (C=O) groups is 1. The van der Waals surface area contributed by atoms with Crippen molar-refractivity contribution in [2.75, 3.05) is 27.2 Å². The van der Waals surface area contributed by atoms with Crippen molar-refractivity contribution in [3.63, 3.8) is 0 Å². The lowest BCUT2D eigenvalue weighted by Crippen LogP contribution is -2.31. The Bertz CT molecular complexity index is 155. The van der Waals surface area contributed by atoms with Crippen LogP contribution in [0.2, 0.25) is 0 Å². The molecule has 1 amide bonds. The van der Waals surface area contributed by atoms with E-state index in [-0.39, 0.29) is 5.91 Å². The van der Waals surface area contributed by atoms with E-state index < -0.39 is 0 Å². The summed E-state index contributed by atoms with van der Waals surface area (Å²) in [5.41, 5.74) is 0. The molecular weight excluding hydrogens is 152 g/mol. The summed E-state index contributed by atoms with van der Waals surface area (Å²) in [7, 11) is 4.04. The highest BCUT2D eigenvalue weighted by Crippen LogP contribution is 1.93. The summed E-state index contributed by atoms with van der Waals surface area (Å²) in [5.74, 6) is 0.379. The van der Waals surface area contributed by atoms with Gasteiger partial charge in [-0.2, -0.15) is 0 Å². The van der Waals surface area contributed by atoms with Gasteiger partial charge in [-0.3, -0.25) is 4.79 Å². The van der Waals surface area contributed by atoms with Crippen molar-refractivity contribution in [1.82, 2.24) is 10.2 Å². The lowest BCUT2D eigenvalue weighted by atomic mass is 10.2. The van der Waals surface area contributed by atoms with Gasteiger partial charge in [0.25, 0.3) is 0 Å². The van der Waals surface area contributed by atoms with Crippen LogP contribution < -0.4 is 5.32 Å². The Hall–Kier alpha value is -0.830. The van der Waals surface area contributed by atoms with E-state index >= 15 is 0 Å². The molecule has 1 atom stereocenters. The fraction of sp³-hybridized carbons (Fsp3) is 0.667. The van der Waals surface area contributed by atoms with Gasteiger partial charge < -0.3 is 10.2 Å². The van der Waals surface area contributed by atoms with E-state index in [9.17, 15) is 4.79 Å². The Labute approximate surface area is 74.4 Å². The van der Waals surface area contributed by atoms with Crippen molar-refractivity contribution < 1.29 is 4.79 Å². The summed E-state index contributed by atoms with van der Waals surface area (Å²) >= 11 is 0. The maximum absolute atomic E-state index is 10.8. The van der Waals surface area contributed by atoms with Crippen molar-refractivity contribution in [1.29, 1.82) is 0 Å². The van der Waals surface area contributed by atoms with E-state index in [0.717, 1.165) is 6.54 Å². The van der Waals surface area contributed by atoms with Crippen LogP contribution in [0.3, 0.4) is 0 Å². The van der Waals surface area contributed by atoms with E-state index in [0.29, 0.717) is 12.5 Å². The third kappa shape index (κ3) is 5.92. The van der Waals surface area contributed by atoms with Gasteiger partial charge in [0, 0.05) is 13.1 Å². The number of hydrogen-bond donors (Lipinski definition) is 1. The van der Waals surface area contributed by atoms with Crippen molar-refractivity contribution >= 4 is 5.91 Å². The van der Waals surface area contributed by atoms with Gasteiger partial charge >= 0.3 is 0 Å². The molecule has 0 aromatic carbocycles. The molecule has 3 nitrogen and oxygen atoms in total. The van der Waals surface area contributed by atoms with Crippen LogP contribution in [0.5, 0.6) is 0 Å². The van der Waals surface area contributed by atoms with E-state index in [1.165, 1.54) is 6.08 Å². The second-order valence-corrected chi connectivity index (χ2v) is 3.32. The topological polar surface area (TPSA) is 32.3 Å². The summed E-state index contributed by atoms with van der Waals surface area (Å²) in [5, 5.41) is 2.75. The maximum Gasteiger partial charge on any atom is 0.243 e. The van der Waals surface area contributed by atoms with E-state index in [2.05, 4.69) is 23.7 Å². The molecule has 0 radical (unpaired) electrons. The van der Waals surface area contributed by atoms with Crippen molar-refractivity contribution in [3.05, 3.63) is 12.7 Å². The van der Waals surface area contributed by atoms with Crippen molar-refractivity contribution in [2.45, 2.75) is 6.92 Å². The molecule has 0 bridgehead atoms. The Morgan fingerprint density at radius 2 is 2.25 bits per heavy atom. The number of nitrogens with one attached hydrogen (secondary N) is 1.